The number of hydrogen-bond acceptors (Lipinski definition) is 8. The van der Waals surface area contributed by atoms with Gasteiger partial charge in [-0.05, 0) is 0 Å². The maximum Gasteiger partial charge on any atom is 0.316 e. The molecule has 10 nitrogen and oxygen atoms in total. The number of fused-ring (bicyclic) bond motifs is 1. The highest BCUT2D eigenvalue weighted by Crippen LogP contribution is 2.25. The van der Waals surface area contributed by atoms with E-state index in [1.54, 1.807) is 35.9 Å². The molecule has 0 N–H and O–H groups in total. The molecule has 1 saturated heterocycles. The Morgan fingerprint density at radius 2 is 1.72 bits per heavy atom. The first-order valence-corrected chi connectivity index (χ1v) is 9.52. The minimum Gasteiger partial charge on any atom is -0.460 e. The second kappa shape index (κ2) is 7.12. The number of nitrogens with zero attached hydrogens (tertiary/aromatic N) is 9. The third-order valence-corrected chi connectivity index (χ3v) is 5.16. The Morgan fingerprint density at radius 1 is 0.931 bits per heavy atom. The van der Waals surface area contributed by atoms with Gasteiger partial charge in [0, 0.05) is 69.7 Å². The van der Waals surface area contributed by atoms with Crippen molar-refractivity contribution in [3.05, 3.63) is 37.4 Å². The van der Waals surface area contributed by atoms with Crippen LogP contribution >= 0.6 is 0 Å². The topological polar surface area (TPSA) is 99.7 Å². The fourth-order valence-corrected chi connectivity index (χ4v) is 3.60. The lowest BCUT2D eigenvalue weighted by Crippen LogP contribution is -2.39. The van der Waals surface area contributed by atoms with Gasteiger partial charge in [-0.1, -0.05) is 0 Å². The van der Waals surface area contributed by atoms with Gasteiger partial charge in [0.25, 0.3) is 0 Å². The van der Waals surface area contributed by atoms with Crippen LogP contribution in [0.4, 0.5) is 5.82 Å². The molecule has 1 fully saturated rings. The molecule has 5 heterocycles. The van der Waals surface area contributed by atoms with Gasteiger partial charge < -0.3 is 14.2 Å². The SMILES string of the molecule is Cn1cc(-c2cnc(OC3CCN(c4ncnc5c4ncn5C)CC3)nc2)cn1. The second-order valence-corrected chi connectivity index (χ2v) is 7.19. The molecule has 0 bridgehead atoms. The second-order valence-electron chi connectivity index (χ2n) is 7.19. The minimum absolute atomic E-state index is 0.0801. The molecule has 0 unspecified atom stereocenters. The summed E-state index contributed by atoms with van der Waals surface area (Å²) < 4.78 is 9.66. The fraction of sp³-hybridized carbons (Fsp3) is 0.368. The van der Waals surface area contributed by atoms with E-state index in [0.717, 1.165) is 54.0 Å². The molecule has 10 heteroatoms. The summed E-state index contributed by atoms with van der Waals surface area (Å²) in [5, 5.41) is 4.17. The summed E-state index contributed by atoms with van der Waals surface area (Å²) in [5.41, 5.74) is 3.58. The number of hydrogen-bond donors (Lipinski definition) is 0. The molecule has 1 aliphatic rings. The highest BCUT2D eigenvalue weighted by molar-refractivity contribution is 5.83. The van der Waals surface area contributed by atoms with E-state index >= 15 is 0 Å². The zero-order valence-electron chi connectivity index (χ0n) is 16.3. The molecule has 29 heavy (non-hydrogen) atoms. The van der Waals surface area contributed by atoms with Gasteiger partial charge in [-0.15, -0.1) is 0 Å². The van der Waals surface area contributed by atoms with Crippen molar-refractivity contribution < 1.29 is 4.74 Å². The lowest BCUT2D eigenvalue weighted by molar-refractivity contribution is 0.156. The van der Waals surface area contributed by atoms with Crippen molar-refractivity contribution in [3.8, 4) is 17.1 Å². The van der Waals surface area contributed by atoms with Gasteiger partial charge in [0.1, 0.15) is 12.4 Å². The number of anilines is 1. The summed E-state index contributed by atoms with van der Waals surface area (Å²) in [7, 11) is 3.82. The Hall–Kier alpha value is -3.56. The van der Waals surface area contributed by atoms with Gasteiger partial charge in [-0.3, -0.25) is 4.68 Å². The van der Waals surface area contributed by atoms with Crippen molar-refractivity contribution in [2.45, 2.75) is 18.9 Å². The maximum atomic E-state index is 6.00. The Balaban J connectivity index is 1.23. The van der Waals surface area contributed by atoms with Crippen LogP contribution in [-0.4, -0.2) is 58.5 Å². The highest BCUT2D eigenvalue weighted by atomic mass is 16.5. The van der Waals surface area contributed by atoms with Crippen LogP contribution in [0, 0.1) is 0 Å². The molecule has 1 aliphatic heterocycles. The predicted molar refractivity (Wildman–Crippen MR) is 106 cm³/mol. The Morgan fingerprint density at radius 3 is 2.45 bits per heavy atom. The predicted octanol–water partition coefficient (Wildman–Crippen LogP) is 1.60. The lowest BCUT2D eigenvalue weighted by Gasteiger charge is -2.32. The van der Waals surface area contributed by atoms with Crippen LogP contribution in [0.1, 0.15) is 12.8 Å². The largest absolute Gasteiger partial charge is 0.460 e. The summed E-state index contributed by atoms with van der Waals surface area (Å²) in [6, 6.07) is 0.408. The quantitative estimate of drug-likeness (QED) is 0.517. The van der Waals surface area contributed by atoms with Crippen LogP contribution in [0.25, 0.3) is 22.3 Å². The standard InChI is InChI=1S/C19H21N9O/c1-26-12-24-16-17(26)22-11-23-18(16)28-5-3-15(4-6-28)29-19-20-7-13(8-21-19)14-9-25-27(2)10-14/h7-12,15H,3-6H2,1-2H3. The Kier molecular flexibility index (Phi) is 4.30. The Bertz CT molecular complexity index is 1130. The normalized spacial score (nSPS) is 15.2. The van der Waals surface area contributed by atoms with Gasteiger partial charge in [0.05, 0.1) is 12.5 Å². The summed E-state index contributed by atoms with van der Waals surface area (Å²) in [6.07, 6.45) is 12.4. The van der Waals surface area contributed by atoms with Crippen molar-refractivity contribution >= 4 is 17.0 Å². The number of aromatic nitrogens is 8. The van der Waals surface area contributed by atoms with Gasteiger partial charge >= 0.3 is 6.01 Å². The van der Waals surface area contributed by atoms with Crippen molar-refractivity contribution in [2.75, 3.05) is 18.0 Å². The molecule has 148 valence electrons. The summed E-state index contributed by atoms with van der Waals surface area (Å²) in [6.45, 7) is 1.67. The maximum absolute atomic E-state index is 6.00. The van der Waals surface area contributed by atoms with Crippen LogP contribution < -0.4 is 9.64 Å². The molecule has 0 atom stereocenters. The molecule has 0 radical (unpaired) electrons. The van der Waals surface area contributed by atoms with E-state index in [9.17, 15) is 0 Å². The van der Waals surface area contributed by atoms with E-state index < -0.39 is 0 Å². The average Bonchev–Trinajstić information content (AvgIpc) is 3.35. The lowest BCUT2D eigenvalue weighted by atomic mass is 10.1. The molecule has 0 amide bonds. The minimum atomic E-state index is 0.0801. The van der Waals surface area contributed by atoms with Crippen molar-refractivity contribution in [3.63, 3.8) is 0 Å². The van der Waals surface area contributed by atoms with Crippen LogP contribution in [-0.2, 0) is 14.1 Å². The zero-order valence-corrected chi connectivity index (χ0v) is 16.3. The third kappa shape index (κ3) is 3.37. The first-order valence-electron chi connectivity index (χ1n) is 9.52. The summed E-state index contributed by atoms with van der Waals surface area (Å²) >= 11 is 0. The van der Waals surface area contributed by atoms with Crippen molar-refractivity contribution in [2.24, 2.45) is 14.1 Å². The van der Waals surface area contributed by atoms with E-state index in [0.29, 0.717) is 6.01 Å². The summed E-state index contributed by atoms with van der Waals surface area (Å²) in [4.78, 5) is 24.2. The van der Waals surface area contributed by atoms with Gasteiger partial charge in [0.15, 0.2) is 17.0 Å². The molecule has 0 aliphatic carbocycles. The third-order valence-electron chi connectivity index (χ3n) is 5.16. The van der Waals surface area contributed by atoms with E-state index in [4.69, 9.17) is 4.74 Å². The molecular weight excluding hydrogens is 370 g/mol. The first kappa shape index (κ1) is 17.5. The molecule has 0 aromatic carbocycles. The fourth-order valence-electron chi connectivity index (χ4n) is 3.60. The molecular formula is C19H21N9O. The smallest absolute Gasteiger partial charge is 0.316 e. The van der Waals surface area contributed by atoms with Crippen LogP contribution in [0.15, 0.2) is 37.4 Å². The molecule has 5 rings (SSSR count). The van der Waals surface area contributed by atoms with E-state index in [1.807, 2.05) is 24.9 Å². The average molecular weight is 391 g/mol. The molecule has 0 saturated carbocycles. The van der Waals surface area contributed by atoms with Crippen LogP contribution in [0.2, 0.25) is 0 Å². The number of piperidine rings is 1. The molecule has 4 aromatic rings. The van der Waals surface area contributed by atoms with Gasteiger partial charge in [0.2, 0.25) is 0 Å². The van der Waals surface area contributed by atoms with Crippen molar-refractivity contribution in [1.29, 1.82) is 0 Å². The number of rotatable bonds is 4. The van der Waals surface area contributed by atoms with Crippen LogP contribution in [0.5, 0.6) is 6.01 Å². The Labute approximate surface area is 167 Å². The van der Waals surface area contributed by atoms with Crippen molar-refractivity contribution in [1.82, 2.24) is 39.3 Å². The molecule has 4 aromatic heterocycles. The first-order chi connectivity index (χ1) is 14.2. The number of ether oxygens (including phenoxy) is 1. The van der Waals surface area contributed by atoms with Gasteiger partial charge in [-0.2, -0.15) is 5.10 Å². The van der Waals surface area contributed by atoms with Gasteiger partial charge in [-0.25, -0.2) is 24.9 Å². The zero-order chi connectivity index (χ0) is 19.8. The monoisotopic (exact) mass is 391 g/mol. The molecule has 0 spiro atoms. The van der Waals surface area contributed by atoms with E-state index in [-0.39, 0.29) is 6.10 Å². The van der Waals surface area contributed by atoms with E-state index in [1.165, 1.54) is 0 Å². The number of imidazole rings is 1. The summed E-state index contributed by atoms with van der Waals surface area (Å²) in [5.74, 6) is 0.881. The van der Waals surface area contributed by atoms with E-state index in [2.05, 4.69) is 34.9 Å². The highest BCUT2D eigenvalue weighted by Gasteiger charge is 2.24. The number of aryl methyl sites for hydroxylation is 2. The van der Waals surface area contributed by atoms with Crippen LogP contribution in [0.3, 0.4) is 0 Å².